The lowest BCUT2D eigenvalue weighted by Gasteiger charge is -2.34. The molecular weight excluding hydrogens is 224 g/mol. The van der Waals surface area contributed by atoms with Gasteiger partial charge in [0.1, 0.15) is 0 Å². The highest BCUT2D eigenvalue weighted by atomic mass is 16.5. The van der Waals surface area contributed by atoms with Crippen LogP contribution in [0.4, 0.5) is 4.79 Å². The van der Waals surface area contributed by atoms with Crippen molar-refractivity contribution in [3.8, 4) is 0 Å². The molecule has 1 aliphatic rings. The molecule has 6 nitrogen and oxygen atoms in total. The number of carboxylic acids is 1. The summed E-state index contributed by atoms with van der Waals surface area (Å²) in [6, 6.07) is -0.261. The number of nitrogens with one attached hydrogen (secondary N) is 2. The summed E-state index contributed by atoms with van der Waals surface area (Å²) >= 11 is 0. The minimum Gasteiger partial charge on any atom is -0.481 e. The average Bonchev–Trinajstić information content (AvgIpc) is 2.24. The predicted molar refractivity (Wildman–Crippen MR) is 61.9 cm³/mol. The van der Waals surface area contributed by atoms with E-state index in [-0.39, 0.29) is 18.0 Å². The first-order chi connectivity index (χ1) is 8.02. The molecule has 1 saturated heterocycles. The zero-order chi connectivity index (χ0) is 12.7. The van der Waals surface area contributed by atoms with Crippen LogP contribution in [0.3, 0.4) is 0 Å². The third-order valence-electron chi connectivity index (χ3n) is 2.71. The van der Waals surface area contributed by atoms with E-state index >= 15 is 0 Å². The first-order valence-corrected chi connectivity index (χ1v) is 5.87. The molecule has 1 aliphatic heterocycles. The molecule has 0 aromatic rings. The zero-order valence-electron chi connectivity index (χ0n) is 10.1. The molecule has 3 N–H and O–H groups in total. The SMILES string of the molecule is CC1(NC(=O)NCCCC(=O)O)CCCOC1. The zero-order valence-corrected chi connectivity index (χ0v) is 10.1. The quantitative estimate of drug-likeness (QED) is 0.622. The molecule has 0 spiro atoms. The van der Waals surface area contributed by atoms with Crippen LogP contribution in [0.15, 0.2) is 0 Å². The van der Waals surface area contributed by atoms with Crippen molar-refractivity contribution in [1.82, 2.24) is 10.6 Å². The molecule has 1 atom stereocenters. The Kier molecular flexibility index (Phi) is 5.21. The Hall–Kier alpha value is -1.30. The Labute approximate surface area is 101 Å². The Morgan fingerprint density at radius 3 is 2.82 bits per heavy atom. The molecular formula is C11H20N2O4. The summed E-state index contributed by atoms with van der Waals surface area (Å²) in [4.78, 5) is 21.8. The van der Waals surface area contributed by atoms with Crippen LogP contribution in [0.25, 0.3) is 0 Å². The molecule has 0 aromatic carbocycles. The number of urea groups is 1. The molecule has 0 saturated carbocycles. The van der Waals surface area contributed by atoms with Crippen molar-refractivity contribution in [2.75, 3.05) is 19.8 Å². The van der Waals surface area contributed by atoms with Gasteiger partial charge in [0.15, 0.2) is 0 Å². The van der Waals surface area contributed by atoms with Gasteiger partial charge in [-0.2, -0.15) is 0 Å². The van der Waals surface area contributed by atoms with Crippen molar-refractivity contribution >= 4 is 12.0 Å². The summed E-state index contributed by atoms with van der Waals surface area (Å²) in [7, 11) is 0. The van der Waals surface area contributed by atoms with Gasteiger partial charge in [0.2, 0.25) is 0 Å². The maximum atomic E-state index is 11.5. The number of hydrogen-bond acceptors (Lipinski definition) is 3. The maximum Gasteiger partial charge on any atom is 0.315 e. The second kappa shape index (κ2) is 6.44. The van der Waals surface area contributed by atoms with Crippen molar-refractivity contribution in [2.45, 2.75) is 38.1 Å². The molecule has 1 heterocycles. The molecule has 17 heavy (non-hydrogen) atoms. The van der Waals surface area contributed by atoms with Crippen molar-refractivity contribution in [3.63, 3.8) is 0 Å². The molecule has 0 bridgehead atoms. The molecule has 2 amide bonds. The normalized spacial score (nSPS) is 24.1. The van der Waals surface area contributed by atoms with Gasteiger partial charge < -0.3 is 20.5 Å². The number of carbonyl (C=O) groups is 2. The third-order valence-corrected chi connectivity index (χ3v) is 2.71. The highest BCUT2D eigenvalue weighted by Gasteiger charge is 2.28. The average molecular weight is 244 g/mol. The fourth-order valence-electron chi connectivity index (χ4n) is 1.79. The molecule has 0 aliphatic carbocycles. The highest BCUT2D eigenvalue weighted by molar-refractivity contribution is 5.74. The topological polar surface area (TPSA) is 87.7 Å². The Morgan fingerprint density at radius 2 is 2.24 bits per heavy atom. The Balaban J connectivity index is 2.17. The fraction of sp³-hybridized carbons (Fsp3) is 0.818. The van der Waals surface area contributed by atoms with Gasteiger partial charge in [-0.05, 0) is 26.2 Å². The van der Waals surface area contributed by atoms with Gasteiger partial charge in [0, 0.05) is 19.6 Å². The lowest BCUT2D eigenvalue weighted by atomic mass is 9.95. The van der Waals surface area contributed by atoms with Crippen molar-refractivity contribution in [2.24, 2.45) is 0 Å². The van der Waals surface area contributed by atoms with Gasteiger partial charge in [-0.1, -0.05) is 0 Å². The van der Waals surface area contributed by atoms with E-state index in [4.69, 9.17) is 9.84 Å². The number of hydrogen-bond donors (Lipinski definition) is 3. The van der Waals surface area contributed by atoms with Crippen LogP contribution in [0.2, 0.25) is 0 Å². The van der Waals surface area contributed by atoms with Gasteiger partial charge >= 0.3 is 12.0 Å². The number of rotatable bonds is 5. The molecule has 6 heteroatoms. The minimum atomic E-state index is -0.847. The molecule has 1 unspecified atom stereocenters. The first-order valence-electron chi connectivity index (χ1n) is 5.87. The van der Waals surface area contributed by atoms with E-state index in [1.165, 1.54) is 0 Å². The minimum absolute atomic E-state index is 0.0701. The lowest BCUT2D eigenvalue weighted by molar-refractivity contribution is -0.137. The molecule has 1 fully saturated rings. The first kappa shape index (κ1) is 13.8. The molecule has 0 aromatic heterocycles. The van der Waals surface area contributed by atoms with Crippen LogP contribution < -0.4 is 10.6 Å². The molecule has 1 rings (SSSR count). The van der Waals surface area contributed by atoms with E-state index in [0.29, 0.717) is 19.6 Å². The fourth-order valence-corrected chi connectivity index (χ4v) is 1.79. The van der Waals surface area contributed by atoms with Gasteiger partial charge in [0.05, 0.1) is 12.1 Å². The predicted octanol–water partition coefficient (Wildman–Crippen LogP) is 0.719. The number of carboxylic acid groups (broad SMARTS) is 1. The largest absolute Gasteiger partial charge is 0.481 e. The van der Waals surface area contributed by atoms with Crippen molar-refractivity contribution in [1.29, 1.82) is 0 Å². The maximum absolute atomic E-state index is 11.5. The van der Waals surface area contributed by atoms with Crippen LogP contribution in [-0.2, 0) is 9.53 Å². The summed E-state index contributed by atoms with van der Waals surface area (Å²) in [5, 5.41) is 13.9. The van der Waals surface area contributed by atoms with Crippen LogP contribution in [0.1, 0.15) is 32.6 Å². The smallest absolute Gasteiger partial charge is 0.315 e. The monoisotopic (exact) mass is 244 g/mol. The number of ether oxygens (including phenoxy) is 1. The third kappa shape index (κ3) is 5.53. The highest BCUT2D eigenvalue weighted by Crippen LogP contribution is 2.17. The summed E-state index contributed by atoms with van der Waals surface area (Å²) in [5.74, 6) is -0.847. The second-order valence-electron chi connectivity index (χ2n) is 4.59. The molecule has 0 radical (unpaired) electrons. The lowest BCUT2D eigenvalue weighted by Crippen LogP contribution is -2.54. The Morgan fingerprint density at radius 1 is 1.47 bits per heavy atom. The van der Waals surface area contributed by atoms with Gasteiger partial charge in [0.25, 0.3) is 0 Å². The van der Waals surface area contributed by atoms with E-state index in [9.17, 15) is 9.59 Å². The van der Waals surface area contributed by atoms with E-state index in [1.807, 2.05) is 6.92 Å². The summed E-state index contributed by atoms with van der Waals surface area (Å²) in [6.45, 7) is 3.59. The Bertz CT molecular complexity index is 275. The van der Waals surface area contributed by atoms with E-state index in [0.717, 1.165) is 19.4 Å². The second-order valence-corrected chi connectivity index (χ2v) is 4.59. The summed E-state index contributed by atoms with van der Waals surface area (Å²) in [5.41, 5.74) is -0.310. The van der Waals surface area contributed by atoms with Crippen LogP contribution in [0, 0.1) is 0 Å². The van der Waals surface area contributed by atoms with Gasteiger partial charge in [-0.25, -0.2) is 4.79 Å². The van der Waals surface area contributed by atoms with Crippen molar-refractivity contribution < 1.29 is 19.4 Å². The standard InChI is InChI=1S/C11H20N2O4/c1-11(5-3-7-17-8-11)13-10(16)12-6-2-4-9(14)15/h2-8H2,1H3,(H,14,15)(H2,12,13,16). The number of carbonyl (C=O) groups excluding carboxylic acids is 1. The van der Waals surface area contributed by atoms with Crippen LogP contribution in [-0.4, -0.2) is 42.4 Å². The van der Waals surface area contributed by atoms with Crippen molar-refractivity contribution in [3.05, 3.63) is 0 Å². The van der Waals surface area contributed by atoms with Crippen LogP contribution >= 0.6 is 0 Å². The number of amides is 2. The van der Waals surface area contributed by atoms with E-state index in [1.54, 1.807) is 0 Å². The summed E-state index contributed by atoms with van der Waals surface area (Å²) in [6.07, 6.45) is 2.35. The molecule has 98 valence electrons. The van der Waals surface area contributed by atoms with Crippen LogP contribution in [0.5, 0.6) is 0 Å². The van der Waals surface area contributed by atoms with E-state index < -0.39 is 5.97 Å². The van der Waals surface area contributed by atoms with Gasteiger partial charge in [-0.3, -0.25) is 4.79 Å². The van der Waals surface area contributed by atoms with Gasteiger partial charge in [-0.15, -0.1) is 0 Å². The number of aliphatic carboxylic acids is 1. The summed E-state index contributed by atoms with van der Waals surface area (Å²) < 4.78 is 5.32. The van der Waals surface area contributed by atoms with E-state index in [2.05, 4.69) is 10.6 Å².